The fourth-order valence-electron chi connectivity index (χ4n) is 2.45. The number of aromatic nitrogens is 3. The number of H-pyrrole nitrogens is 1. The van der Waals surface area contributed by atoms with Gasteiger partial charge in [0.2, 0.25) is 0 Å². The molecule has 1 atom stereocenters. The molecule has 1 unspecified atom stereocenters. The van der Waals surface area contributed by atoms with Crippen LogP contribution in [0.1, 0.15) is 17.9 Å². The van der Waals surface area contributed by atoms with Gasteiger partial charge in [0.15, 0.2) is 0 Å². The van der Waals surface area contributed by atoms with Crippen molar-refractivity contribution in [2.75, 3.05) is 0 Å². The lowest BCUT2D eigenvalue weighted by molar-refractivity contribution is 0.454. The number of fused-ring (bicyclic) bond motifs is 1. The molecule has 0 radical (unpaired) electrons. The summed E-state index contributed by atoms with van der Waals surface area (Å²) in [6.07, 6.45) is 4.01. The van der Waals surface area contributed by atoms with Gasteiger partial charge in [-0.1, -0.05) is 0 Å². The number of hydrogen-bond donors (Lipinski definition) is 2. The Morgan fingerprint density at radius 2 is 2.44 bits per heavy atom. The molecular formula is C12H16N4. The van der Waals surface area contributed by atoms with Gasteiger partial charge in [0, 0.05) is 24.5 Å². The first-order chi connectivity index (χ1) is 7.75. The van der Waals surface area contributed by atoms with Crippen molar-refractivity contribution in [1.82, 2.24) is 14.5 Å². The smallest absolute Gasteiger partial charge is 0.108 e. The summed E-state index contributed by atoms with van der Waals surface area (Å²) < 4.78 is 2.25. The molecule has 0 fully saturated rings. The molecule has 0 spiro atoms. The van der Waals surface area contributed by atoms with Crippen LogP contribution >= 0.6 is 0 Å². The third-order valence-electron chi connectivity index (χ3n) is 3.29. The SMILES string of the molecule is Cc1nc(-c2ccc[nH]2)c2n1CC(N)CC2. The largest absolute Gasteiger partial charge is 0.360 e. The second kappa shape index (κ2) is 3.49. The molecule has 1 aliphatic rings. The summed E-state index contributed by atoms with van der Waals surface area (Å²) in [6.45, 7) is 2.95. The van der Waals surface area contributed by atoms with Gasteiger partial charge in [0.1, 0.15) is 11.5 Å². The van der Waals surface area contributed by atoms with Crippen molar-refractivity contribution in [2.24, 2.45) is 5.73 Å². The summed E-state index contributed by atoms with van der Waals surface area (Å²) >= 11 is 0. The maximum Gasteiger partial charge on any atom is 0.108 e. The third kappa shape index (κ3) is 1.38. The van der Waals surface area contributed by atoms with Crippen LogP contribution in [0.15, 0.2) is 18.3 Å². The van der Waals surface area contributed by atoms with Crippen LogP contribution in [-0.2, 0) is 13.0 Å². The van der Waals surface area contributed by atoms with E-state index in [9.17, 15) is 0 Å². The Balaban J connectivity index is 2.12. The zero-order chi connectivity index (χ0) is 11.1. The molecular weight excluding hydrogens is 200 g/mol. The first-order valence-electron chi connectivity index (χ1n) is 5.71. The van der Waals surface area contributed by atoms with E-state index in [1.54, 1.807) is 0 Å². The molecule has 3 N–H and O–H groups in total. The molecule has 2 aromatic rings. The van der Waals surface area contributed by atoms with E-state index in [0.717, 1.165) is 36.6 Å². The van der Waals surface area contributed by atoms with E-state index in [4.69, 9.17) is 5.73 Å². The van der Waals surface area contributed by atoms with Crippen LogP contribution in [0.4, 0.5) is 0 Å². The highest BCUT2D eigenvalue weighted by atomic mass is 15.1. The number of nitrogens with zero attached hydrogens (tertiary/aromatic N) is 2. The monoisotopic (exact) mass is 216 g/mol. The lowest BCUT2D eigenvalue weighted by Gasteiger charge is -2.22. The van der Waals surface area contributed by atoms with Gasteiger partial charge in [-0.25, -0.2) is 4.98 Å². The molecule has 1 aliphatic heterocycles. The van der Waals surface area contributed by atoms with Gasteiger partial charge in [0.05, 0.1) is 5.69 Å². The Labute approximate surface area is 94.5 Å². The first kappa shape index (κ1) is 9.66. The van der Waals surface area contributed by atoms with Gasteiger partial charge >= 0.3 is 0 Å². The fourth-order valence-corrected chi connectivity index (χ4v) is 2.45. The number of nitrogens with two attached hydrogens (primary N) is 1. The summed E-state index contributed by atoms with van der Waals surface area (Å²) in [5.74, 6) is 1.06. The maximum absolute atomic E-state index is 5.99. The minimum Gasteiger partial charge on any atom is -0.360 e. The summed E-state index contributed by atoms with van der Waals surface area (Å²) in [4.78, 5) is 7.87. The van der Waals surface area contributed by atoms with Gasteiger partial charge in [-0.05, 0) is 31.9 Å². The van der Waals surface area contributed by atoms with Gasteiger partial charge < -0.3 is 15.3 Å². The quantitative estimate of drug-likeness (QED) is 0.758. The molecule has 0 saturated heterocycles. The van der Waals surface area contributed by atoms with Crippen molar-refractivity contribution < 1.29 is 0 Å². The highest BCUT2D eigenvalue weighted by Crippen LogP contribution is 2.27. The normalized spacial score (nSPS) is 19.8. The first-order valence-corrected chi connectivity index (χ1v) is 5.71. The Kier molecular flexibility index (Phi) is 2.11. The molecule has 3 heterocycles. The number of aryl methyl sites for hydroxylation is 1. The van der Waals surface area contributed by atoms with E-state index in [-0.39, 0.29) is 6.04 Å². The minimum atomic E-state index is 0.275. The Morgan fingerprint density at radius 3 is 3.19 bits per heavy atom. The highest BCUT2D eigenvalue weighted by Gasteiger charge is 2.22. The molecule has 0 aliphatic carbocycles. The predicted octanol–water partition coefficient (Wildman–Crippen LogP) is 1.46. The predicted molar refractivity (Wildman–Crippen MR) is 63.0 cm³/mol. The molecule has 84 valence electrons. The fraction of sp³-hybridized carbons (Fsp3) is 0.417. The summed E-state index contributed by atoms with van der Waals surface area (Å²) in [7, 11) is 0. The van der Waals surface area contributed by atoms with E-state index in [2.05, 4.69) is 20.6 Å². The van der Waals surface area contributed by atoms with Crippen molar-refractivity contribution in [2.45, 2.75) is 32.4 Å². The van der Waals surface area contributed by atoms with Gasteiger partial charge in [-0.15, -0.1) is 0 Å². The Bertz CT molecular complexity index is 495. The van der Waals surface area contributed by atoms with Crippen LogP contribution < -0.4 is 5.73 Å². The third-order valence-corrected chi connectivity index (χ3v) is 3.29. The van der Waals surface area contributed by atoms with Crippen molar-refractivity contribution in [3.63, 3.8) is 0 Å². The average Bonchev–Trinajstić information content (AvgIpc) is 2.87. The highest BCUT2D eigenvalue weighted by molar-refractivity contribution is 5.58. The van der Waals surface area contributed by atoms with Crippen molar-refractivity contribution in [3.8, 4) is 11.4 Å². The Morgan fingerprint density at radius 1 is 1.56 bits per heavy atom. The maximum atomic E-state index is 5.99. The van der Waals surface area contributed by atoms with E-state index >= 15 is 0 Å². The van der Waals surface area contributed by atoms with Gasteiger partial charge in [-0.2, -0.15) is 0 Å². The lowest BCUT2D eigenvalue weighted by Crippen LogP contribution is -2.32. The standard InChI is InChI=1S/C12H16N4/c1-8-15-12(10-3-2-6-14-10)11-5-4-9(13)7-16(8)11/h2-3,6,9,14H,4-5,7,13H2,1H3. The molecule has 2 aromatic heterocycles. The van der Waals surface area contributed by atoms with Gasteiger partial charge in [-0.3, -0.25) is 0 Å². The molecule has 0 amide bonds. The van der Waals surface area contributed by atoms with Crippen LogP contribution in [0.5, 0.6) is 0 Å². The van der Waals surface area contributed by atoms with Crippen molar-refractivity contribution >= 4 is 0 Å². The zero-order valence-electron chi connectivity index (χ0n) is 9.40. The molecule has 4 nitrogen and oxygen atoms in total. The summed E-state index contributed by atoms with van der Waals surface area (Å²) in [6, 6.07) is 4.35. The van der Waals surface area contributed by atoms with Crippen LogP contribution in [0.3, 0.4) is 0 Å². The molecule has 0 saturated carbocycles. The average molecular weight is 216 g/mol. The minimum absolute atomic E-state index is 0.275. The van der Waals surface area contributed by atoms with E-state index in [1.807, 2.05) is 19.2 Å². The van der Waals surface area contributed by atoms with Crippen LogP contribution in [0.2, 0.25) is 0 Å². The van der Waals surface area contributed by atoms with Crippen LogP contribution in [0, 0.1) is 6.92 Å². The van der Waals surface area contributed by atoms with Crippen LogP contribution in [-0.4, -0.2) is 20.6 Å². The lowest BCUT2D eigenvalue weighted by atomic mass is 10.0. The van der Waals surface area contributed by atoms with Gasteiger partial charge in [0.25, 0.3) is 0 Å². The van der Waals surface area contributed by atoms with Crippen LogP contribution in [0.25, 0.3) is 11.4 Å². The second-order valence-corrected chi connectivity index (χ2v) is 4.45. The molecule has 3 rings (SSSR count). The van der Waals surface area contributed by atoms with Crippen molar-refractivity contribution in [3.05, 3.63) is 29.8 Å². The number of nitrogens with one attached hydrogen (secondary N) is 1. The number of aromatic amines is 1. The molecule has 4 heteroatoms. The van der Waals surface area contributed by atoms with E-state index < -0.39 is 0 Å². The zero-order valence-corrected chi connectivity index (χ0v) is 9.40. The van der Waals surface area contributed by atoms with Crippen molar-refractivity contribution in [1.29, 1.82) is 0 Å². The topological polar surface area (TPSA) is 59.6 Å². The number of hydrogen-bond acceptors (Lipinski definition) is 2. The van der Waals surface area contributed by atoms with E-state index in [1.165, 1.54) is 5.69 Å². The van der Waals surface area contributed by atoms with E-state index in [0.29, 0.717) is 0 Å². The summed E-state index contributed by atoms with van der Waals surface area (Å²) in [5.41, 5.74) is 9.51. The summed E-state index contributed by atoms with van der Waals surface area (Å²) in [5, 5.41) is 0. The second-order valence-electron chi connectivity index (χ2n) is 4.45. The number of rotatable bonds is 1. The molecule has 0 aromatic carbocycles. The molecule has 16 heavy (non-hydrogen) atoms. The molecule has 0 bridgehead atoms. The number of imidazole rings is 1. The Hall–Kier alpha value is -1.55.